The van der Waals surface area contributed by atoms with Crippen molar-refractivity contribution in [1.82, 2.24) is 30.6 Å². The summed E-state index contributed by atoms with van der Waals surface area (Å²) in [5.41, 5.74) is 0. The lowest BCUT2D eigenvalue weighted by atomic mass is 10.1. The van der Waals surface area contributed by atoms with Crippen LogP contribution in [0.25, 0.3) is 0 Å². The second-order valence-corrected chi connectivity index (χ2v) is 8.25. The Labute approximate surface area is 172 Å². The van der Waals surface area contributed by atoms with E-state index >= 15 is 0 Å². The third kappa shape index (κ3) is 6.42. The van der Waals surface area contributed by atoms with Crippen molar-refractivity contribution in [3.63, 3.8) is 0 Å². The molecule has 1 unspecified atom stereocenters. The number of amides is 3. The molecule has 29 heavy (non-hydrogen) atoms. The summed E-state index contributed by atoms with van der Waals surface area (Å²) in [6.45, 7) is 8.41. The van der Waals surface area contributed by atoms with E-state index in [4.69, 9.17) is 4.52 Å². The zero-order valence-electron chi connectivity index (χ0n) is 17.7. The summed E-state index contributed by atoms with van der Waals surface area (Å²) >= 11 is 0. The monoisotopic (exact) mass is 406 g/mol. The summed E-state index contributed by atoms with van der Waals surface area (Å²) in [7, 11) is 0. The highest BCUT2D eigenvalue weighted by molar-refractivity contribution is 5.76. The van der Waals surface area contributed by atoms with Crippen LogP contribution in [-0.4, -0.2) is 70.6 Å². The molecule has 2 saturated heterocycles. The largest absolute Gasteiger partial charge is 0.355 e. The van der Waals surface area contributed by atoms with Crippen molar-refractivity contribution in [2.24, 2.45) is 0 Å². The van der Waals surface area contributed by atoms with Crippen LogP contribution in [0.1, 0.15) is 70.1 Å². The second kappa shape index (κ2) is 10.6. The molecule has 0 aliphatic carbocycles. The van der Waals surface area contributed by atoms with Gasteiger partial charge in [-0.1, -0.05) is 11.6 Å². The third-order valence-electron chi connectivity index (χ3n) is 5.47. The van der Waals surface area contributed by atoms with E-state index in [1.165, 1.54) is 19.3 Å². The maximum atomic E-state index is 12.3. The molecule has 0 saturated carbocycles. The van der Waals surface area contributed by atoms with Gasteiger partial charge >= 0.3 is 6.03 Å². The number of urea groups is 1. The minimum atomic E-state index is -0.162. The second-order valence-electron chi connectivity index (χ2n) is 8.25. The first-order valence-electron chi connectivity index (χ1n) is 10.9. The van der Waals surface area contributed by atoms with Crippen LogP contribution in [0.15, 0.2) is 4.52 Å². The molecule has 9 nitrogen and oxygen atoms in total. The van der Waals surface area contributed by atoms with Crippen molar-refractivity contribution in [2.75, 3.05) is 32.7 Å². The predicted molar refractivity (Wildman–Crippen MR) is 108 cm³/mol. The van der Waals surface area contributed by atoms with Crippen molar-refractivity contribution < 1.29 is 14.1 Å². The predicted octanol–water partition coefficient (Wildman–Crippen LogP) is 1.86. The van der Waals surface area contributed by atoms with Gasteiger partial charge in [0.2, 0.25) is 11.8 Å². The topological polar surface area (TPSA) is 104 Å². The summed E-state index contributed by atoms with van der Waals surface area (Å²) in [5.74, 6) is 0.977. The number of carbonyl (C=O) groups excluding carboxylic acids is 2. The molecule has 9 heteroatoms. The Morgan fingerprint density at radius 3 is 2.72 bits per heavy atom. The quantitative estimate of drug-likeness (QED) is 0.683. The third-order valence-corrected chi connectivity index (χ3v) is 5.47. The zero-order chi connectivity index (χ0) is 20.6. The Kier molecular flexibility index (Phi) is 7.85. The SMILES string of the molecule is CC(C)NC(=O)N1CCCC1c1noc(CCC(=O)NCCN2CCCCC2)n1. The van der Waals surface area contributed by atoms with Gasteiger partial charge in [-0.25, -0.2) is 4.79 Å². The van der Waals surface area contributed by atoms with Gasteiger partial charge in [-0.05, 0) is 52.6 Å². The highest BCUT2D eigenvalue weighted by Gasteiger charge is 2.33. The van der Waals surface area contributed by atoms with E-state index in [0.29, 0.717) is 37.6 Å². The lowest BCUT2D eigenvalue weighted by Gasteiger charge is -2.26. The number of likely N-dealkylation sites (tertiary alicyclic amines) is 2. The number of nitrogens with one attached hydrogen (secondary N) is 2. The van der Waals surface area contributed by atoms with Gasteiger partial charge in [0, 0.05) is 38.5 Å². The first kappa shape index (κ1) is 21.5. The van der Waals surface area contributed by atoms with Crippen LogP contribution in [0.2, 0.25) is 0 Å². The van der Waals surface area contributed by atoms with Crippen LogP contribution in [0.3, 0.4) is 0 Å². The molecule has 2 aliphatic heterocycles. The summed E-state index contributed by atoms with van der Waals surface area (Å²) in [6.07, 6.45) is 6.30. The molecule has 1 aromatic heterocycles. The van der Waals surface area contributed by atoms with E-state index < -0.39 is 0 Å². The van der Waals surface area contributed by atoms with E-state index in [9.17, 15) is 9.59 Å². The fourth-order valence-corrected chi connectivity index (χ4v) is 3.96. The van der Waals surface area contributed by atoms with Crippen molar-refractivity contribution in [3.8, 4) is 0 Å². The van der Waals surface area contributed by atoms with Gasteiger partial charge in [-0.2, -0.15) is 4.98 Å². The number of aromatic nitrogens is 2. The van der Waals surface area contributed by atoms with Crippen molar-refractivity contribution in [3.05, 3.63) is 11.7 Å². The maximum absolute atomic E-state index is 12.3. The number of hydrogen-bond donors (Lipinski definition) is 2. The molecule has 0 spiro atoms. The Balaban J connectivity index is 1.41. The molecule has 3 amide bonds. The molecule has 2 aliphatic rings. The molecule has 2 fully saturated rings. The van der Waals surface area contributed by atoms with E-state index in [1.807, 2.05) is 13.8 Å². The Morgan fingerprint density at radius 1 is 1.17 bits per heavy atom. The van der Waals surface area contributed by atoms with E-state index in [2.05, 4.69) is 25.7 Å². The molecule has 0 aromatic carbocycles. The van der Waals surface area contributed by atoms with Gasteiger partial charge in [-0.15, -0.1) is 0 Å². The van der Waals surface area contributed by atoms with Crippen molar-refractivity contribution in [2.45, 2.75) is 70.9 Å². The van der Waals surface area contributed by atoms with Crippen molar-refractivity contribution in [1.29, 1.82) is 0 Å². The Morgan fingerprint density at radius 2 is 1.97 bits per heavy atom. The van der Waals surface area contributed by atoms with E-state index in [1.54, 1.807) is 4.90 Å². The van der Waals surface area contributed by atoms with Gasteiger partial charge < -0.3 is 25.0 Å². The van der Waals surface area contributed by atoms with Crippen LogP contribution >= 0.6 is 0 Å². The fraction of sp³-hybridized carbons (Fsp3) is 0.800. The van der Waals surface area contributed by atoms with Gasteiger partial charge in [0.1, 0.15) is 0 Å². The van der Waals surface area contributed by atoms with E-state index in [-0.39, 0.29) is 24.0 Å². The number of carbonyl (C=O) groups is 2. The van der Waals surface area contributed by atoms with Crippen LogP contribution in [0.4, 0.5) is 4.79 Å². The van der Waals surface area contributed by atoms with Crippen LogP contribution < -0.4 is 10.6 Å². The van der Waals surface area contributed by atoms with Crippen LogP contribution in [0, 0.1) is 0 Å². The molecular formula is C20H34N6O3. The number of hydrogen-bond acceptors (Lipinski definition) is 6. The van der Waals surface area contributed by atoms with Crippen LogP contribution in [-0.2, 0) is 11.2 Å². The molecule has 3 heterocycles. The number of rotatable bonds is 8. The Bertz CT molecular complexity index is 671. The molecule has 0 bridgehead atoms. The lowest BCUT2D eigenvalue weighted by Crippen LogP contribution is -2.42. The smallest absolute Gasteiger partial charge is 0.318 e. The van der Waals surface area contributed by atoms with Crippen LogP contribution in [0.5, 0.6) is 0 Å². The van der Waals surface area contributed by atoms with Gasteiger partial charge in [0.25, 0.3) is 0 Å². The molecular weight excluding hydrogens is 372 g/mol. The molecule has 0 radical (unpaired) electrons. The van der Waals surface area contributed by atoms with Gasteiger partial charge in [0.05, 0.1) is 6.04 Å². The molecule has 162 valence electrons. The first-order valence-corrected chi connectivity index (χ1v) is 10.9. The summed E-state index contributed by atoms with van der Waals surface area (Å²) in [4.78, 5) is 33.0. The summed E-state index contributed by atoms with van der Waals surface area (Å²) in [5, 5.41) is 9.95. The minimum Gasteiger partial charge on any atom is -0.355 e. The number of aryl methyl sites for hydroxylation is 1. The summed E-state index contributed by atoms with van der Waals surface area (Å²) in [6, 6.07) is -0.176. The molecule has 3 rings (SSSR count). The van der Waals surface area contributed by atoms with Gasteiger partial charge in [-0.3, -0.25) is 4.79 Å². The highest BCUT2D eigenvalue weighted by atomic mass is 16.5. The fourth-order valence-electron chi connectivity index (χ4n) is 3.96. The Hall–Kier alpha value is -2.16. The number of piperidine rings is 1. The molecule has 1 aromatic rings. The standard InChI is InChI=1S/C20H34N6O3/c1-15(2)22-20(28)26-13-6-7-16(26)19-23-18(29-24-19)9-8-17(27)21-10-14-25-11-4-3-5-12-25/h15-16H,3-14H2,1-2H3,(H,21,27)(H,22,28). The first-order chi connectivity index (χ1) is 14.0. The molecule has 1 atom stereocenters. The van der Waals surface area contributed by atoms with Crippen molar-refractivity contribution >= 4 is 11.9 Å². The average Bonchev–Trinajstić information content (AvgIpc) is 3.36. The molecule has 2 N–H and O–H groups in total. The maximum Gasteiger partial charge on any atom is 0.318 e. The van der Waals surface area contributed by atoms with E-state index in [0.717, 1.165) is 32.5 Å². The normalized spacial score (nSPS) is 20.2. The lowest BCUT2D eigenvalue weighted by molar-refractivity contribution is -0.121. The summed E-state index contributed by atoms with van der Waals surface area (Å²) < 4.78 is 5.33. The minimum absolute atomic E-state index is 0.000522. The van der Waals surface area contributed by atoms with Gasteiger partial charge in [0.15, 0.2) is 5.82 Å². The zero-order valence-corrected chi connectivity index (χ0v) is 17.7. The highest BCUT2D eigenvalue weighted by Crippen LogP contribution is 2.30. The average molecular weight is 407 g/mol. The number of nitrogens with zero attached hydrogens (tertiary/aromatic N) is 4.